The fraction of sp³-hybridized carbons (Fsp3) is 0.350. The molecule has 0 spiro atoms. The molecule has 1 aliphatic carbocycles. The molecule has 9 heteroatoms. The van der Waals surface area contributed by atoms with Crippen LogP contribution >= 0.6 is 0 Å². The van der Waals surface area contributed by atoms with Crippen LogP contribution in [0.4, 0.5) is 19.1 Å². The Hall–Kier alpha value is -3.10. The number of carboxylic acid groups (broad SMARTS) is 1. The number of hydrogen-bond acceptors (Lipinski definition) is 4. The zero-order valence-electron chi connectivity index (χ0n) is 15.3. The minimum atomic E-state index is -4.61. The average Bonchev–Trinajstić information content (AvgIpc) is 3.11. The zero-order chi connectivity index (χ0) is 20.6. The Bertz CT molecular complexity index is 1050. The molecule has 152 valence electrons. The molecule has 6 nitrogen and oxygen atoms in total. The molecule has 0 unspecified atom stereocenters. The number of halogens is 3. The van der Waals surface area contributed by atoms with Crippen molar-refractivity contribution in [3.8, 4) is 11.3 Å². The molecule has 0 radical (unpaired) electrons. The number of alkyl halides is 3. The van der Waals surface area contributed by atoms with E-state index in [9.17, 15) is 23.1 Å². The summed E-state index contributed by atoms with van der Waals surface area (Å²) < 4.78 is 40.8. The van der Waals surface area contributed by atoms with Crippen LogP contribution in [0.15, 0.2) is 36.7 Å². The van der Waals surface area contributed by atoms with Crippen molar-refractivity contribution in [3.05, 3.63) is 42.2 Å². The molecule has 1 aromatic carbocycles. The van der Waals surface area contributed by atoms with Gasteiger partial charge in [-0.2, -0.15) is 13.2 Å². The molecule has 1 saturated carbocycles. The van der Waals surface area contributed by atoms with E-state index in [1.54, 1.807) is 24.3 Å². The fourth-order valence-electron chi connectivity index (χ4n) is 3.86. The Labute approximate surface area is 164 Å². The summed E-state index contributed by atoms with van der Waals surface area (Å²) in [6.07, 6.45) is 0.119. The minimum absolute atomic E-state index is 0.0642. The Balaban J connectivity index is 1.71. The van der Waals surface area contributed by atoms with Crippen molar-refractivity contribution in [2.24, 2.45) is 5.92 Å². The van der Waals surface area contributed by atoms with Crippen LogP contribution in [0.3, 0.4) is 0 Å². The van der Waals surface area contributed by atoms with E-state index >= 15 is 0 Å². The number of H-pyrrole nitrogens is 1. The van der Waals surface area contributed by atoms with Gasteiger partial charge in [0, 0.05) is 34.9 Å². The van der Waals surface area contributed by atoms with Crippen molar-refractivity contribution in [2.75, 3.05) is 5.32 Å². The molecule has 2 heterocycles. The van der Waals surface area contributed by atoms with Gasteiger partial charge >= 0.3 is 12.1 Å². The number of carbonyl (C=O) groups is 1. The second-order valence-electron chi connectivity index (χ2n) is 7.24. The third kappa shape index (κ3) is 3.90. The van der Waals surface area contributed by atoms with Gasteiger partial charge in [0.2, 0.25) is 5.95 Å². The van der Waals surface area contributed by atoms with E-state index < -0.39 is 23.6 Å². The quantitative estimate of drug-likeness (QED) is 0.586. The lowest BCUT2D eigenvalue weighted by Gasteiger charge is -2.27. The van der Waals surface area contributed by atoms with E-state index in [4.69, 9.17) is 0 Å². The molecule has 1 fully saturated rings. The first-order chi connectivity index (χ1) is 13.8. The second kappa shape index (κ2) is 7.38. The topological polar surface area (TPSA) is 90.9 Å². The largest absolute Gasteiger partial charge is 0.481 e. The van der Waals surface area contributed by atoms with Crippen molar-refractivity contribution >= 4 is 22.8 Å². The maximum atomic E-state index is 13.6. The molecule has 2 atom stereocenters. The van der Waals surface area contributed by atoms with Crippen molar-refractivity contribution < 1.29 is 23.1 Å². The lowest BCUT2D eigenvalue weighted by atomic mass is 9.86. The van der Waals surface area contributed by atoms with Gasteiger partial charge in [-0.05, 0) is 25.3 Å². The summed E-state index contributed by atoms with van der Waals surface area (Å²) in [5.41, 5.74) is -0.0799. The number of para-hydroxylation sites is 1. The summed E-state index contributed by atoms with van der Waals surface area (Å²) in [5, 5.41) is 12.9. The van der Waals surface area contributed by atoms with Crippen molar-refractivity contribution in [1.29, 1.82) is 0 Å². The van der Waals surface area contributed by atoms with Crippen LogP contribution in [-0.2, 0) is 11.0 Å². The van der Waals surface area contributed by atoms with E-state index in [2.05, 4.69) is 20.3 Å². The van der Waals surface area contributed by atoms with E-state index in [1.807, 2.05) is 0 Å². The Morgan fingerprint density at radius 2 is 2.03 bits per heavy atom. The molecular formula is C20H19F3N4O2. The van der Waals surface area contributed by atoms with Gasteiger partial charge in [0.15, 0.2) is 0 Å². The number of aromatic nitrogens is 3. The number of benzene rings is 1. The number of aromatic amines is 1. The van der Waals surface area contributed by atoms with Gasteiger partial charge in [-0.15, -0.1) is 0 Å². The number of anilines is 1. The monoisotopic (exact) mass is 404 g/mol. The van der Waals surface area contributed by atoms with Crippen LogP contribution in [0.2, 0.25) is 0 Å². The number of nitrogens with one attached hydrogen (secondary N) is 2. The summed E-state index contributed by atoms with van der Waals surface area (Å²) in [5.74, 6) is -1.26. The van der Waals surface area contributed by atoms with Crippen LogP contribution < -0.4 is 5.32 Å². The number of carboxylic acids is 1. The van der Waals surface area contributed by atoms with Crippen molar-refractivity contribution in [3.63, 3.8) is 0 Å². The predicted molar refractivity (Wildman–Crippen MR) is 101 cm³/mol. The Kier molecular flexibility index (Phi) is 4.89. The smallest absolute Gasteiger partial charge is 0.419 e. The first-order valence-corrected chi connectivity index (χ1v) is 9.33. The first-order valence-electron chi connectivity index (χ1n) is 9.33. The van der Waals surface area contributed by atoms with Crippen LogP contribution in [0, 0.1) is 5.92 Å². The fourth-order valence-corrected chi connectivity index (χ4v) is 3.86. The lowest BCUT2D eigenvalue weighted by molar-refractivity contribution is -0.143. The number of nitrogens with zero attached hydrogens (tertiary/aromatic N) is 2. The molecule has 4 rings (SSSR count). The predicted octanol–water partition coefficient (Wildman–Crippen LogP) is 4.70. The van der Waals surface area contributed by atoms with Gasteiger partial charge in [-0.3, -0.25) is 4.79 Å². The minimum Gasteiger partial charge on any atom is -0.481 e. The molecule has 1 aliphatic rings. The van der Waals surface area contributed by atoms with Crippen molar-refractivity contribution in [2.45, 2.75) is 37.9 Å². The van der Waals surface area contributed by atoms with Gasteiger partial charge < -0.3 is 15.4 Å². The summed E-state index contributed by atoms with van der Waals surface area (Å²) >= 11 is 0. The standard InChI is InChI=1S/C20H19F3N4O2/c21-20(22,23)15-10-25-19(26-12-5-3-4-11(8-12)18(28)29)27-17(15)14-9-24-16-7-2-1-6-13(14)16/h1-2,6-7,9-12,24H,3-5,8H2,(H,28,29)(H,25,26,27)/t11-,12+/m0/s1. The SMILES string of the molecule is O=C(O)[C@H]1CCC[C@@H](Nc2ncc(C(F)(F)F)c(-c3c[nH]c4ccccc34)n2)C1. The molecule has 0 bridgehead atoms. The lowest BCUT2D eigenvalue weighted by Crippen LogP contribution is -2.31. The van der Waals surface area contributed by atoms with Crippen LogP contribution in [0.1, 0.15) is 31.2 Å². The number of rotatable bonds is 4. The first kappa shape index (κ1) is 19.2. The number of hydrogen-bond donors (Lipinski definition) is 3. The van der Waals surface area contributed by atoms with Crippen molar-refractivity contribution in [1.82, 2.24) is 15.0 Å². The van der Waals surface area contributed by atoms with E-state index in [-0.39, 0.29) is 17.7 Å². The molecule has 2 aromatic heterocycles. The summed E-state index contributed by atoms with van der Waals surface area (Å²) in [4.78, 5) is 22.3. The highest BCUT2D eigenvalue weighted by Crippen LogP contribution is 2.38. The average molecular weight is 404 g/mol. The summed E-state index contributed by atoms with van der Waals surface area (Å²) in [6, 6.07) is 6.86. The van der Waals surface area contributed by atoms with Crippen LogP contribution in [0.25, 0.3) is 22.2 Å². The molecule has 29 heavy (non-hydrogen) atoms. The summed E-state index contributed by atoms with van der Waals surface area (Å²) in [6.45, 7) is 0. The molecule has 0 amide bonds. The highest BCUT2D eigenvalue weighted by Gasteiger charge is 2.36. The van der Waals surface area contributed by atoms with Gasteiger partial charge in [0.05, 0.1) is 11.6 Å². The highest BCUT2D eigenvalue weighted by molar-refractivity contribution is 5.95. The Morgan fingerprint density at radius 1 is 1.24 bits per heavy atom. The molecule has 0 aliphatic heterocycles. The normalized spacial score (nSPS) is 20.0. The highest BCUT2D eigenvalue weighted by atomic mass is 19.4. The number of fused-ring (bicyclic) bond motifs is 1. The van der Waals surface area contributed by atoms with Gasteiger partial charge in [0.25, 0.3) is 0 Å². The third-order valence-electron chi connectivity index (χ3n) is 5.30. The van der Waals surface area contributed by atoms with Gasteiger partial charge in [0.1, 0.15) is 5.56 Å². The van der Waals surface area contributed by atoms with E-state index in [0.717, 1.165) is 19.0 Å². The molecule has 3 aromatic rings. The molecular weight excluding hydrogens is 385 g/mol. The third-order valence-corrected chi connectivity index (χ3v) is 5.30. The van der Waals surface area contributed by atoms with E-state index in [1.165, 1.54) is 6.20 Å². The van der Waals surface area contributed by atoms with Crippen LogP contribution in [-0.4, -0.2) is 32.1 Å². The second-order valence-corrected chi connectivity index (χ2v) is 7.24. The maximum Gasteiger partial charge on any atom is 0.419 e. The van der Waals surface area contributed by atoms with Gasteiger partial charge in [-0.25, -0.2) is 9.97 Å². The van der Waals surface area contributed by atoms with E-state index in [0.29, 0.717) is 29.3 Å². The zero-order valence-corrected chi connectivity index (χ0v) is 15.3. The number of aliphatic carboxylic acids is 1. The van der Waals surface area contributed by atoms with Gasteiger partial charge in [-0.1, -0.05) is 24.6 Å². The maximum absolute atomic E-state index is 13.6. The molecule has 3 N–H and O–H groups in total. The Morgan fingerprint density at radius 3 is 2.79 bits per heavy atom. The van der Waals surface area contributed by atoms with Crippen LogP contribution in [0.5, 0.6) is 0 Å². The molecule has 0 saturated heterocycles. The summed E-state index contributed by atoms with van der Waals surface area (Å²) in [7, 11) is 0.